The van der Waals surface area contributed by atoms with Crippen LogP contribution in [0.5, 0.6) is 0 Å². The third kappa shape index (κ3) is 3.36. The zero-order valence-corrected chi connectivity index (χ0v) is 12.6. The van der Waals surface area contributed by atoms with Crippen LogP contribution in [0.1, 0.15) is 37.9 Å². The van der Waals surface area contributed by atoms with Crippen LogP contribution < -0.4 is 0 Å². The summed E-state index contributed by atoms with van der Waals surface area (Å²) in [7, 11) is 1.68. The van der Waals surface area contributed by atoms with E-state index in [4.69, 9.17) is 9.26 Å². The summed E-state index contributed by atoms with van der Waals surface area (Å²) in [4.78, 5) is 18.4. The number of aryl methyl sites for hydroxylation is 1. The van der Waals surface area contributed by atoms with Gasteiger partial charge in [0.05, 0.1) is 12.5 Å². The number of ether oxygens (including phenoxy) is 1. The summed E-state index contributed by atoms with van der Waals surface area (Å²) in [5.41, 5.74) is 0. The highest BCUT2D eigenvalue weighted by molar-refractivity contribution is 5.76. The van der Waals surface area contributed by atoms with Crippen molar-refractivity contribution in [3.05, 3.63) is 11.7 Å². The molecule has 1 saturated heterocycles. The van der Waals surface area contributed by atoms with E-state index in [2.05, 4.69) is 24.0 Å². The van der Waals surface area contributed by atoms with Crippen LogP contribution in [-0.2, 0) is 9.53 Å². The molecular formula is C14H23N3O3. The molecule has 1 amide bonds. The van der Waals surface area contributed by atoms with Crippen molar-refractivity contribution in [3.63, 3.8) is 0 Å². The molecular weight excluding hydrogens is 258 g/mol. The van der Waals surface area contributed by atoms with Crippen LogP contribution in [0.2, 0.25) is 0 Å². The van der Waals surface area contributed by atoms with Crippen LogP contribution in [0, 0.1) is 18.8 Å². The molecule has 0 unspecified atom stereocenters. The molecule has 20 heavy (non-hydrogen) atoms. The number of methoxy groups -OCH3 is 1. The second-order valence-corrected chi connectivity index (χ2v) is 5.90. The standard InChI is InChI=1S/C14H23N3O3/c1-9(2)5-13(18)17-6-11(8-19-4)12(7-17)14-15-10(3)16-20-14/h9,11-12H,5-8H2,1-4H3/t11-,12+/m0/s1. The van der Waals surface area contributed by atoms with Gasteiger partial charge in [0.15, 0.2) is 5.82 Å². The normalized spacial score (nSPS) is 22.8. The lowest BCUT2D eigenvalue weighted by molar-refractivity contribution is -0.131. The van der Waals surface area contributed by atoms with E-state index in [9.17, 15) is 4.79 Å². The molecule has 1 aromatic heterocycles. The van der Waals surface area contributed by atoms with E-state index in [0.717, 1.165) is 0 Å². The monoisotopic (exact) mass is 281 g/mol. The number of carbonyl (C=O) groups excluding carboxylic acids is 1. The molecule has 0 aromatic carbocycles. The van der Waals surface area contributed by atoms with Crippen LogP contribution >= 0.6 is 0 Å². The number of rotatable bonds is 5. The summed E-state index contributed by atoms with van der Waals surface area (Å²) in [6.07, 6.45) is 0.579. The molecule has 1 aliphatic heterocycles. The summed E-state index contributed by atoms with van der Waals surface area (Å²) in [6, 6.07) is 0. The van der Waals surface area contributed by atoms with E-state index in [0.29, 0.717) is 43.8 Å². The Balaban J connectivity index is 2.09. The van der Waals surface area contributed by atoms with E-state index in [1.807, 2.05) is 4.90 Å². The molecule has 0 aliphatic carbocycles. The highest BCUT2D eigenvalue weighted by Gasteiger charge is 2.39. The van der Waals surface area contributed by atoms with Crippen molar-refractivity contribution in [3.8, 4) is 0 Å². The lowest BCUT2D eigenvalue weighted by Gasteiger charge is -2.17. The van der Waals surface area contributed by atoms with Gasteiger partial charge in [0.2, 0.25) is 11.8 Å². The predicted octanol–water partition coefficient (Wildman–Crippen LogP) is 1.61. The summed E-state index contributed by atoms with van der Waals surface area (Å²) in [5, 5.41) is 3.84. The number of nitrogens with zero attached hydrogens (tertiary/aromatic N) is 3. The molecule has 2 heterocycles. The summed E-state index contributed by atoms with van der Waals surface area (Å²) in [6.45, 7) is 7.85. The Labute approximate surface area is 119 Å². The summed E-state index contributed by atoms with van der Waals surface area (Å²) >= 11 is 0. The maximum absolute atomic E-state index is 12.2. The van der Waals surface area contributed by atoms with E-state index in [1.165, 1.54) is 0 Å². The Morgan fingerprint density at radius 3 is 2.80 bits per heavy atom. The van der Waals surface area contributed by atoms with Crippen molar-refractivity contribution in [1.29, 1.82) is 0 Å². The zero-order valence-electron chi connectivity index (χ0n) is 12.6. The topological polar surface area (TPSA) is 68.5 Å². The molecule has 2 rings (SSSR count). The second kappa shape index (κ2) is 6.35. The van der Waals surface area contributed by atoms with Gasteiger partial charge in [0, 0.05) is 32.5 Å². The third-order valence-electron chi connectivity index (χ3n) is 3.62. The zero-order chi connectivity index (χ0) is 14.7. The van der Waals surface area contributed by atoms with Gasteiger partial charge in [-0.25, -0.2) is 0 Å². The average Bonchev–Trinajstić information content (AvgIpc) is 2.95. The largest absolute Gasteiger partial charge is 0.384 e. The Morgan fingerprint density at radius 2 is 2.25 bits per heavy atom. The van der Waals surface area contributed by atoms with Gasteiger partial charge in [0.25, 0.3) is 0 Å². The first kappa shape index (κ1) is 15.0. The van der Waals surface area contributed by atoms with Crippen LogP contribution in [0.3, 0.4) is 0 Å². The Morgan fingerprint density at radius 1 is 1.50 bits per heavy atom. The molecule has 112 valence electrons. The van der Waals surface area contributed by atoms with Gasteiger partial charge in [0.1, 0.15) is 0 Å². The summed E-state index contributed by atoms with van der Waals surface area (Å²) in [5.74, 6) is 2.10. The first-order valence-electron chi connectivity index (χ1n) is 7.08. The number of likely N-dealkylation sites (tertiary alicyclic amines) is 1. The average molecular weight is 281 g/mol. The van der Waals surface area contributed by atoms with E-state index >= 15 is 0 Å². The lowest BCUT2D eigenvalue weighted by Crippen LogP contribution is -2.30. The van der Waals surface area contributed by atoms with Gasteiger partial charge in [-0.2, -0.15) is 4.98 Å². The quantitative estimate of drug-likeness (QED) is 0.820. The predicted molar refractivity (Wildman–Crippen MR) is 73.2 cm³/mol. The Kier molecular flexibility index (Phi) is 4.75. The van der Waals surface area contributed by atoms with Crippen LogP contribution in [0.4, 0.5) is 0 Å². The molecule has 0 saturated carbocycles. The van der Waals surface area contributed by atoms with Gasteiger partial charge in [-0.3, -0.25) is 4.79 Å². The SMILES string of the molecule is COC[C@@H]1CN(C(=O)CC(C)C)C[C@H]1c1nc(C)no1. The fourth-order valence-corrected chi connectivity index (χ4v) is 2.68. The van der Waals surface area contributed by atoms with E-state index in [-0.39, 0.29) is 17.7 Å². The molecule has 0 bridgehead atoms. The minimum absolute atomic E-state index is 0.0762. The van der Waals surface area contributed by atoms with Crippen molar-refractivity contribution in [2.45, 2.75) is 33.1 Å². The van der Waals surface area contributed by atoms with E-state index in [1.54, 1.807) is 14.0 Å². The molecule has 1 aromatic rings. The lowest BCUT2D eigenvalue weighted by atomic mass is 9.97. The number of hydrogen-bond acceptors (Lipinski definition) is 5. The number of carbonyl (C=O) groups is 1. The first-order valence-corrected chi connectivity index (χ1v) is 7.08. The van der Waals surface area contributed by atoms with Crippen molar-refractivity contribution >= 4 is 5.91 Å². The maximum atomic E-state index is 12.2. The highest BCUT2D eigenvalue weighted by Crippen LogP contribution is 2.32. The smallest absolute Gasteiger partial charge is 0.231 e. The van der Waals surface area contributed by atoms with Gasteiger partial charge in [-0.05, 0) is 12.8 Å². The van der Waals surface area contributed by atoms with Gasteiger partial charge in [-0.1, -0.05) is 19.0 Å². The first-order chi connectivity index (χ1) is 9.51. The summed E-state index contributed by atoms with van der Waals surface area (Å²) < 4.78 is 10.5. The van der Waals surface area contributed by atoms with Crippen molar-refractivity contribution in [1.82, 2.24) is 15.0 Å². The Hall–Kier alpha value is -1.43. The molecule has 1 fully saturated rings. The van der Waals surface area contributed by atoms with Crippen molar-refractivity contribution in [2.75, 3.05) is 26.8 Å². The molecule has 2 atom stereocenters. The molecule has 1 aliphatic rings. The van der Waals surface area contributed by atoms with Crippen molar-refractivity contribution in [2.24, 2.45) is 11.8 Å². The number of aromatic nitrogens is 2. The molecule has 0 spiro atoms. The molecule has 6 nitrogen and oxygen atoms in total. The second-order valence-electron chi connectivity index (χ2n) is 5.90. The van der Waals surface area contributed by atoms with Crippen molar-refractivity contribution < 1.29 is 14.1 Å². The fraction of sp³-hybridized carbons (Fsp3) is 0.786. The van der Waals surface area contributed by atoms with Crippen LogP contribution in [0.25, 0.3) is 0 Å². The minimum Gasteiger partial charge on any atom is -0.384 e. The highest BCUT2D eigenvalue weighted by atomic mass is 16.5. The van der Waals surface area contributed by atoms with Gasteiger partial charge >= 0.3 is 0 Å². The van der Waals surface area contributed by atoms with Gasteiger partial charge < -0.3 is 14.2 Å². The number of amides is 1. The number of hydrogen-bond donors (Lipinski definition) is 0. The van der Waals surface area contributed by atoms with E-state index < -0.39 is 0 Å². The third-order valence-corrected chi connectivity index (χ3v) is 3.62. The Bertz CT molecular complexity index is 458. The minimum atomic E-state index is 0.0762. The maximum Gasteiger partial charge on any atom is 0.231 e. The fourth-order valence-electron chi connectivity index (χ4n) is 2.68. The van der Waals surface area contributed by atoms with Gasteiger partial charge in [-0.15, -0.1) is 0 Å². The van der Waals surface area contributed by atoms with Crippen LogP contribution in [-0.4, -0.2) is 47.8 Å². The molecule has 0 radical (unpaired) electrons. The molecule has 6 heteroatoms. The molecule has 0 N–H and O–H groups in total. The van der Waals surface area contributed by atoms with Crippen LogP contribution in [0.15, 0.2) is 4.52 Å².